The highest BCUT2D eigenvalue weighted by Crippen LogP contribution is 2.36. The molecule has 1 atom stereocenters. The molecule has 1 amide bonds. The lowest BCUT2D eigenvalue weighted by molar-refractivity contribution is 0.0955. The van der Waals surface area contributed by atoms with E-state index in [0.29, 0.717) is 55.1 Å². The molecule has 0 spiro atoms. The van der Waals surface area contributed by atoms with Crippen molar-refractivity contribution < 1.29 is 13.6 Å². The number of fused-ring (bicyclic) bond motifs is 1. The minimum atomic E-state index is -0.469. The predicted molar refractivity (Wildman–Crippen MR) is 112 cm³/mol. The van der Waals surface area contributed by atoms with E-state index in [4.69, 9.17) is 5.73 Å². The van der Waals surface area contributed by atoms with Gasteiger partial charge < -0.3 is 16.0 Å². The summed E-state index contributed by atoms with van der Waals surface area (Å²) in [7, 11) is 0. The first-order valence-electron chi connectivity index (χ1n) is 9.62. The highest BCUT2D eigenvalue weighted by molar-refractivity contribution is 5.99. The van der Waals surface area contributed by atoms with Gasteiger partial charge in [-0.05, 0) is 50.1 Å². The van der Waals surface area contributed by atoms with Crippen molar-refractivity contribution in [3.05, 3.63) is 59.4 Å². The molecule has 7 nitrogen and oxygen atoms in total. The van der Waals surface area contributed by atoms with Gasteiger partial charge >= 0.3 is 0 Å². The van der Waals surface area contributed by atoms with Gasteiger partial charge in [0.1, 0.15) is 23.0 Å². The molecule has 30 heavy (non-hydrogen) atoms. The van der Waals surface area contributed by atoms with Crippen molar-refractivity contribution in [2.24, 2.45) is 5.73 Å². The number of carbonyl (C=O) groups is 1. The number of rotatable bonds is 6. The molecule has 2 aromatic heterocycles. The molecule has 0 radical (unpaired) electrons. The number of halogens is 3. The number of hydrogen-bond donors (Lipinski definition) is 2. The third-order valence-corrected chi connectivity index (χ3v) is 5.13. The molecule has 1 saturated heterocycles. The van der Waals surface area contributed by atoms with E-state index in [2.05, 4.69) is 15.4 Å². The van der Waals surface area contributed by atoms with Crippen LogP contribution in [-0.4, -0.2) is 40.1 Å². The molecule has 0 saturated carbocycles. The maximum Gasteiger partial charge on any atom is 0.256 e. The van der Waals surface area contributed by atoms with Crippen LogP contribution in [0.2, 0.25) is 0 Å². The zero-order valence-corrected chi connectivity index (χ0v) is 17.0. The van der Waals surface area contributed by atoms with Gasteiger partial charge in [0, 0.05) is 24.8 Å². The van der Waals surface area contributed by atoms with E-state index in [-0.39, 0.29) is 24.4 Å². The van der Waals surface area contributed by atoms with Gasteiger partial charge in [0.05, 0.1) is 12.2 Å². The van der Waals surface area contributed by atoms with Crippen LogP contribution in [0, 0.1) is 11.6 Å². The normalized spacial score (nSPS) is 16.0. The summed E-state index contributed by atoms with van der Waals surface area (Å²) in [6, 6.07) is 4.96. The SMILES string of the molecule is Cl.NCCCNC(=O)c1cnn2ccc(N3CCC[C@@H]3c3cc(F)ccc3F)nc12. The summed E-state index contributed by atoms with van der Waals surface area (Å²) in [5.74, 6) is -0.579. The summed E-state index contributed by atoms with van der Waals surface area (Å²) in [5, 5.41) is 6.98. The molecular weight excluding hydrogens is 414 g/mol. The molecule has 3 aromatic rings. The molecule has 0 unspecified atom stereocenters. The fourth-order valence-corrected chi connectivity index (χ4v) is 3.71. The Morgan fingerprint density at radius 1 is 1.30 bits per heavy atom. The molecular formula is C20H23ClF2N6O. The van der Waals surface area contributed by atoms with Gasteiger partial charge in [-0.25, -0.2) is 18.3 Å². The second-order valence-corrected chi connectivity index (χ2v) is 7.03. The van der Waals surface area contributed by atoms with Crippen LogP contribution in [0.25, 0.3) is 5.65 Å². The molecule has 160 valence electrons. The van der Waals surface area contributed by atoms with E-state index in [0.717, 1.165) is 18.6 Å². The standard InChI is InChI=1S/C20H22F2N6O.ClH/c21-13-4-5-16(22)14(11-13)17-3-1-9-27(17)18-6-10-28-19(26-18)15(12-25-28)20(29)24-8-2-7-23;/h4-6,10-12,17H,1-3,7-9,23H2,(H,24,29);1H/t17-;/m1./s1. The summed E-state index contributed by atoms with van der Waals surface area (Å²) in [6.07, 6.45) is 5.39. The second kappa shape index (κ2) is 9.36. The Morgan fingerprint density at radius 3 is 2.93 bits per heavy atom. The number of anilines is 1. The van der Waals surface area contributed by atoms with Crippen LogP contribution in [0.15, 0.2) is 36.7 Å². The van der Waals surface area contributed by atoms with Gasteiger partial charge in [-0.3, -0.25) is 4.79 Å². The Balaban J connectivity index is 0.00000256. The zero-order chi connectivity index (χ0) is 20.4. The number of amides is 1. The summed E-state index contributed by atoms with van der Waals surface area (Å²) in [5.41, 5.74) is 6.55. The fraction of sp³-hybridized carbons (Fsp3) is 0.350. The number of hydrogen-bond acceptors (Lipinski definition) is 5. The van der Waals surface area contributed by atoms with Crippen LogP contribution in [0.3, 0.4) is 0 Å². The summed E-state index contributed by atoms with van der Waals surface area (Å²) < 4.78 is 29.6. The number of nitrogens with two attached hydrogens (primary N) is 1. The Kier molecular flexibility index (Phi) is 6.84. The predicted octanol–water partition coefficient (Wildman–Crippen LogP) is 2.85. The number of aromatic nitrogens is 3. The lowest BCUT2D eigenvalue weighted by atomic mass is 10.0. The van der Waals surface area contributed by atoms with E-state index in [1.54, 1.807) is 12.3 Å². The smallest absolute Gasteiger partial charge is 0.256 e. The van der Waals surface area contributed by atoms with E-state index in [9.17, 15) is 13.6 Å². The molecule has 3 heterocycles. The van der Waals surface area contributed by atoms with Crippen LogP contribution < -0.4 is 16.0 Å². The first kappa shape index (κ1) is 21.9. The maximum absolute atomic E-state index is 14.3. The third-order valence-electron chi connectivity index (χ3n) is 5.13. The van der Waals surface area contributed by atoms with Crippen LogP contribution in [0.5, 0.6) is 0 Å². The molecule has 1 aliphatic heterocycles. The molecule has 4 rings (SSSR count). The van der Waals surface area contributed by atoms with Gasteiger partial charge in [0.15, 0.2) is 5.65 Å². The minimum Gasteiger partial charge on any atom is -0.352 e. The molecule has 3 N–H and O–H groups in total. The Labute approximate surface area is 178 Å². The highest BCUT2D eigenvalue weighted by Gasteiger charge is 2.30. The van der Waals surface area contributed by atoms with E-state index in [1.807, 2.05) is 4.90 Å². The third kappa shape index (κ3) is 4.22. The van der Waals surface area contributed by atoms with Crippen molar-refractivity contribution in [2.75, 3.05) is 24.5 Å². The van der Waals surface area contributed by atoms with Crippen molar-refractivity contribution in [3.63, 3.8) is 0 Å². The van der Waals surface area contributed by atoms with Crippen LogP contribution >= 0.6 is 12.4 Å². The van der Waals surface area contributed by atoms with Crippen molar-refractivity contribution in [3.8, 4) is 0 Å². The zero-order valence-electron chi connectivity index (χ0n) is 16.2. The average molecular weight is 437 g/mol. The molecule has 1 aliphatic rings. The number of nitrogens with one attached hydrogen (secondary N) is 1. The Bertz CT molecular complexity index is 1040. The van der Waals surface area contributed by atoms with Gasteiger partial charge in [-0.1, -0.05) is 0 Å². The topological polar surface area (TPSA) is 88.5 Å². The number of nitrogens with zero attached hydrogens (tertiary/aromatic N) is 4. The largest absolute Gasteiger partial charge is 0.352 e. The van der Waals surface area contributed by atoms with Gasteiger partial charge in [-0.2, -0.15) is 5.10 Å². The molecule has 0 aliphatic carbocycles. The first-order chi connectivity index (χ1) is 14.1. The molecule has 10 heteroatoms. The average Bonchev–Trinajstić information content (AvgIpc) is 3.36. The lowest BCUT2D eigenvalue weighted by Gasteiger charge is -2.26. The van der Waals surface area contributed by atoms with Crippen molar-refractivity contribution in [1.29, 1.82) is 0 Å². The van der Waals surface area contributed by atoms with Crippen LogP contribution in [0.4, 0.5) is 14.6 Å². The highest BCUT2D eigenvalue weighted by atomic mass is 35.5. The summed E-state index contributed by atoms with van der Waals surface area (Å²) in [4.78, 5) is 19.0. The minimum absolute atomic E-state index is 0. The molecule has 0 bridgehead atoms. The fourth-order valence-electron chi connectivity index (χ4n) is 3.71. The van der Waals surface area contributed by atoms with Crippen molar-refractivity contribution in [1.82, 2.24) is 19.9 Å². The Morgan fingerprint density at radius 2 is 2.13 bits per heavy atom. The number of carbonyl (C=O) groups excluding carboxylic acids is 1. The van der Waals surface area contributed by atoms with Crippen LogP contribution in [-0.2, 0) is 0 Å². The van der Waals surface area contributed by atoms with Crippen molar-refractivity contribution >= 4 is 29.8 Å². The van der Waals surface area contributed by atoms with Gasteiger partial charge in [-0.15, -0.1) is 12.4 Å². The van der Waals surface area contributed by atoms with Gasteiger partial charge in [0.25, 0.3) is 5.91 Å². The summed E-state index contributed by atoms with van der Waals surface area (Å²) in [6.45, 7) is 1.62. The maximum atomic E-state index is 14.3. The lowest BCUT2D eigenvalue weighted by Crippen LogP contribution is -2.26. The molecule has 1 aromatic carbocycles. The first-order valence-corrected chi connectivity index (χ1v) is 9.62. The van der Waals surface area contributed by atoms with Crippen molar-refractivity contribution in [2.45, 2.75) is 25.3 Å². The molecule has 1 fully saturated rings. The monoisotopic (exact) mass is 436 g/mol. The quantitative estimate of drug-likeness (QED) is 0.580. The number of benzene rings is 1. The van der Waals surface area contributed by atoms with E-state index < -0.39 is 11.6 Å². The van der Waals surface area contributed by atoms with Crippen LogP contribution in [0.1, 0.15) is 41.2 Å². The summed E-state index contributed by atoms with van der Waals surface area (Å²) >= 11 is 0. The van der Waals surface area contributed by atoms with Gasteiger partial charge in [0.2, 0.25) is 0 Å². The second-order valence-electron chi connectivity index (χ2n) is 7.03. The van der Waals surface area contributed by atoms with E-state index in [1.165, 1.54) is 16.8 Å². The Hall–Kier alpha value is -2.78. The van der Waals surface area contributed by atoms with E-state index >= 15 is 0 Å².